The molecule has 0 radical (unpaired) electrons. The van der Waals surface area contributed by atoms with Gasteiger partial charge in [-0.25, -0.2) is 0 Å². The number of ether oxygens (including phenoxy) is 1. The van der Waals surface area contributed by atoms with Crippen LogP contribution in [-0.2, 0) is 9.53 Å². The van der Waals surface area contributed by atoms with Crippen molar-refractivity contribution in [3.8, 4) is 0 Å². The van der Waals surface area contributed by atoms with E-state index in [-0.39, 0.29) is 17.6 Å². The topological polar surface area (TPSA) is 29.5 Å². The van der Waals surface area contributed by atoms with E-state index in [9.17, 15) is 4.79 Å². The smallest absolute Gasteiger partial charge is 0.141 e. The van der Waals surface area contributed by atoms with Crippen molar-refractivity contribution < 1.29 is 9.53 Å². The molecule has 2 atom stereocenters. The number of carbonyl (C=O) groups is 1. The lowest BCUT2D eigenvalue weighted by Gasteiger charge is -2.47. The van der Waals surface area contributed by atoms with Crippen molar-refractivity contribution in [3.05, 3.63) is 0 Å². The van der Waals surface area contributed by atoms with Crippen molar-refractivity contribution in [2.24, 2.45) is 5.92 Å². The Bertz CT molecular complexity index is 282. The normalized spacial score (nSPS) is 34.2. The van der Waals surface area contributed by atoms with E-state index < -0.39 is 0 Å². The predicted molar refractivity (Wildman–Crippen MR) is 68.0 cm³/mol. The van der Waals surface area contributed by atoms with Crippen LogP contribution in [0.15, 0.2) is 0 Å². The molecular formula is C14H25NO2. The summed E-state index contributed by atoms with van der Waals surface area (Å²) in [5.41, 5.74) is -0.132. The molecule has 0 amide bonds. The second-order valence-electron chi connectivity index (χ2n) is 5.85. The summed E-state index contributed by atoms with van der Waals surface area (Å²) in [4.78, 5) is 14.6. The van der Waals surface area contributed by atoms with E-state index in [4.69, 9.17) is 4.74 Å². The molecule has 2 unspecified atom stereocenters. The molecule has 0 N–H and O–H groups in total. The molecule has 98 valence electrons. The molecule has 2 heterocycles. The average molecular weight is 239 g/mol. The van der Waals surface area contributed by atoms with Crippen molar-refractivity contribution in [1.82, 2.24) is 4.90 Å². The molecule has 0 aromatic rings. The minimum atomic E-state index is -0.132. The van der Waals surface area contributed by atoms with Crippen LogP contribution >= 0.6 is 0 Å². The van der Waals surface area contributed by atoms with Gasteiger partial charge in [-0.1, -0.05) is 13.3 Å². The van der Waals surface area contributed by atoms with Gasteiger partial charge in [-0.3, -0.25) is 4.79 Å². The van der Waals surface area contributed by atoms with Gasteiger partial charge >= 0.3 is 0 Å². The van der Waals surface area contributed by atoms with Gasteiger partial charge in [-0.05, 0) is 33.2 Å². The Balaban J connectivity index is 2.02. The van der Waals surface area contributed by atoms with Gasteiger partial charge in [0.1, 0.15) is 5.78 Å². The summed E-state index contributed by atoms with van der Waals surface area (Å²) in [6, 6.07) is 0. The first kappa shape index (κ1) is 13.0. The summed E-state index contributed by atoms with van der Waals surface area (Å²) < 4.78 is 6.25. The Labute approximate surface area is 105 Å². The molecule has 2 saturated heterocycles. The number of hydrogen-bond acceptors (Lipinski definition) is 3. The third-order valence-electron chi connectivity index (χ3n) is 4.41. The minimum absolute atomic E-state index is 0.111. The van der Waals surface area contributed by atoms with Gasteiger partial charge in [0.05, 0.1) is 11.7 Å². The highest BCUT2D eigenvalue weighted by molar-refractivity contribution is 5.83. The third kappa shape index (κ3) is 2.71. The highest BCUT2D eigenvalue weighted by Gasteiger charge is 2.45. The Hall–Kier alpha value is -0.410. The van der Waals surface area contributed by atoms with Crippen molar-refractivity contribution in [2.45, 2.75) is 57.7 Å². The number of ketones is 1. The molecule has 17 heavy (non-hydrogen) atoms. The number of carbonyl (C=O) groups excluding carboxylic acids is 1. The largest absolute Gasteiger partial charge is 0.371 e. The third-order valence-corrected chi connectivity index (χ3v) is 4.41. The van der Waals surface area contributed by atoms with Gasteiger partial charge in [0, 0.05) is 25.4 Å². The van der Waals surface area contributed by atoms with Crippen LogP contribution in [0.2, 0.25) is 0 Å². The van der Waals surface area contributed by atoms with Crippen molar-refractivity contribution >= 4 is 5.78 Å². The fraction of sp³-hybridized carbons (Fsp3) is 0.929. The summed E-state index contributed by atoms with van der Waals surface area (Å²) in [6.45, 7) is 6.33. The van der Waals surface area contributed by atoms with E-state index in [1.165, 1.54) is 0 Å². The van der Waals surface area contributed by atoms with Crippen LogP contribution in [0.25, 0.3) is 0 Å². The zero-order chi connectivity index (χ0) is 12.5. The highest BCUT2D eigenvalue weighted by Crippen LogP contribution is 2.38. The maximum atomic E-state index is 12.3. The second-order valence-corrected chi connectivity index (χ2v) is 5.85. The van der Waals surface area contributed by atoms with Gasteiger partial charge in [-0.15, -0.1) is 0 Å². The van der Waals surface area contributed by atoms with Crippen LogP contribution in [0.5, 0.6) is 0 Å². The van der Waals surface area contributed by atoms with Gasteiger partial charge in [0.2, 0.25) is 0 Å². The zero-order valence-corrected chi connectivity index (χ0v) is 11.4. The monoisotopic (exact) mass is 239 g/mol. The number of nitrogens with zero attached hydrogens (tertiary/aromatic N) is 1. The van der Waals surface area contributed by atoms with E-state index >= 15 is 0 Å². The summed E-state index contributed by atoms with van der Waals surface area (Å²) >= 11 is 0. The fourth-order valence-electron chi connectivity index (χ4n) is 3.26. The molecule has 3 heteroatoms. The molecule has 0 aliphatic carbocycles. The lowest BCUT2D eigenvalue weighted by atomic mass is 9.77. The van der Waals surface area contributed by atoms with E-state index in [0.717, 1.165) is 38.8 Å². The fourth-order valence-corrected chi connectivity index (χ4v) is 3.26. The number of likely N-dealkylation sites (tertiary alicyclic amines) is 1. The molecule has 0 bridgehead atoms. The Morgan fingerprint density at radius 3 is 2.59 bits per heavy atom. The molecule has 0 saturated carbocycles. The quantitative estimate of drug-likeness (QED) is 0.740. The molecule has 3 nitrogen and oxygen atoms in total. The number of hydrogen-bond donors (Lipinski definition) is 0. The van der Waals surface area contributed by atoms with Crippen LogP contribution in [0.4, 0.5) is 0 Å². The van der Waals surface area contributed by atoms with Gasteiger partial charge in [-0.2, -0.15) is 0 Å². The first-order chi connectivity index (χ1) is 8.06. The molecule has 0 aromatic carbocycles. The standard InChI is InChI=1S/C14H25NO2/c1-4-5-12-11(2)17-14(10-13(12)16)6-8-15(3)9-7-14/h11-12H,4-10H2,1-3H3. The second kappa shape index (κ2) is 5.07. The molecule has 1 spiro atoms. The van der Waals surface area contributed by atoms with Crippen molar-refractivity contribution in [2.75, 3.05) is 20.1 Å². The predicted octanol–water partition coefficient (Wildman–Crippen LogP) is 2.25. The lowest BCUT2D eigenvalue weighted by Crippen LogP contribution is -2.53. The number of rotatable bonds is 2. The molecule has 2 rings (SSSR count). The van der Waals surface area contributed by atoms with Gasteiger partial charge in [0.25, 0.3) is 0 Å². The molecular weight excluding hydrogens is 214 g/mol. The van der Waals surface area contributed by atoms with Crippen molar-refractivity contribution in [1.29, 1.82) is 0 Å². The van der Waals surface area contributed by atoms with Crippen LogP contribution in [0, 0.1) is 5.92 Å². The Morgan fingerprint density at radius 2 is 2.06 bits per heavy atom. The SMILES string of the molecule is CCCC1C(=O)CC2(CCN(C)CC2)OC1C. The average Bonchev–Trinajstić information content (AvgIpc) is 2.28. The maximum absolute atomic E-state index is 12.3. The number of Topliss-reactive ketones (excluding diaryl/α,β-unsaturated/α-hetero) is 1. The summed E-state index contributed by atoms with van der Waals surface area (Å²) in [5, 5.41) is 0. The Kier molecular flexibility index (Phi) is 3.88. The maximum Gasteiger partial charge on any atom is 0.141 e. The zero-order valence-electron chi connectivity index (χ0n) is 11.4. The van der Waals surface area contributed by atoms with E-state index in [1.54, 1.807) is 0 Å². The first-order valence-electron chi connectivity index (χ1n) is 6.95. The highest BCUT2D eigenvalue weighted by atomic mass is 16.5. The first-order valence-corrected chi connectivity index (χ1v) is 6.95. The van der Waals surface area contributed by atoms with Crippen LogP contribution in [0.3, 0.4) is 0 Å². The summed E-state index contributed by atoms with van der Waals surface area (Å²) in [6.07, 6.45) is 4.84. The van der Waals surface area contributed by atoms with E-state index in [0.29, 0.717) is 12.2 Å². The van der Waals surface area contributed by atoms with Crippen LogP contribution in [-0.4, -0.2) is 42.5 Å². The number of piperidine rings is 1. The van der Waals surface area contributed by atoms with E-state index in [2.05, 4.69) is 25.8 Å². The minimum Gasteiger partial charge on any atom is -0.371 e. The van der Waals surface area contributed by atoms with Crippen molar-refractivity contribution in [3.63, 3.8) is 0 Å². The van der Waals surface area contributed by atoms with Gasteiger partial charge < -0.3 is 9.64 Å². The molecule has 2 fully saturated rings. The molecule has 2 aliphatic rings. The van der Waals surface area contributed by atoms with Crippen LogP contribution < -0.4 is 0 Å². The molecule has 2 aliphatic heterocycles. The molecule has 0 aromatic heterocycles. The van der Waals surface area contributed by atoms with E-state index in [1.807, 2.05) is 0 Å². The Morgan fingerprint density at radius 1 is 1.41 bits per heavy atom. The summed E-state index contributed by atoms with van der Waals surface area (Å²) in [7, 11) is 2.14. The lowest BCUT2D eigenvalue weighted by molar-refractivity contribution is -0.178. The summed E-state index contributed by atoms with van der Waals surface area (Å²) in [5.74, 6) is 0.584. The van der Waals surface area contributed by atoms with Gasteiger partial charge in [0.15, 0.2) is 0 Å². The van der Waals surface area contributed by atoms with Crippen LogP contribution in [0.1, 0.15) is 46.0 Å².